The molecule has 1 aromatic carbocycles. The minimum absolute atomic E-state index is 0.167. The van der Waals surface area contributed by atoms with Gasteiger partial charge in [0.25, 0.3) is 5.91 Å². The summed E-state index contributed by atoms with van der Waals surface area (Å²) in [5, 5.41) is 6.63. The molecule has 142 valence electrons. The van der Waals surface area contributed by atoms with Crippen molar-refractivity contribution in [3.63, 3.8) is 0 Å². The third-order valence-electron chi connectivity index (χ3n) is 4.40. The van der Waals surface area contributed by atoms with E-state index in [0.29, 0.717) is 5.92 Å². The van der Waals surface area contributed by atoms with Gasteiger partial charge in [-0.3, -0.25) is 4.79 Å². The summed E-state index contributed by atoms with van der Waals surface area (Å²) in [6.45, 7) is 1.48. The van der Waals surface area contributed by atoms with Crippen molar-refractivity contribution in [3.8, 4) is 5.75 Å². The average Bonchev–Trinajstić information content (AvgIpc) is 2.66. The largest absolute Gasteiger partial charge is 0.497 e. The lowest BCUT2D eigenvalue weighted by Crippen LogP contribution is -2.43. The molecule has 0 aliphatic heterocycles. The zero-order chi connectivity index (χ0) is 18.8. The molecule has 0 saturated heterocycles. The van der Waals surface area contributed by atoms with Crippen molar-refractivity contribution < 1.29 is 23.9 Å². The Morgan fingerprint density at radius 1 is 1.19 bits per heavy atom. The molecule has 1 aliphatic carbocycles. The molecule has 7 heteroatoms. The van der Waals surface area contributed by atoms with Gasteiger partial charge < -0.3 is 19.6 Å². The fourth-order valence-electron chi connectivity index (χ4n) is 2.84. The van der Waals surface area contributed by atoms with Crippen LogP contribution in [0, 0.1) is 5.92 Å². The van der Waals surface area contributed by atoms with E-state index in [4.69, 9.17) is 14.3 Å². The molecule has 2 rings (SSSR count). The maximum absolute atomic E-state index is 11.9. The highest BCUT2D eigenvalue weighted by atomic mass is 16.7. The predicted molar refractivity (Wildman–Crippen MR) is 97.1 cm³/mol. The normalized spacial score (nSPS) is 19.8. The minimum Gasteiger partial charge on any atom is -0.497 e. The first-order valence-electron chi connectivity index (χ1n) is 8.83. The van der Waals surface area contributed by atoms with E-state index in [2.05, 4.69) is 17.4 Å². The molecule has 2 atom stereocenters. The number of methoxy groups -OCH3 is 1. The lowest BCUT2D eigenvalue weighted by Gasteiger charge is -2.29. The average molecular weight is 362 g/mol. The van der Waals surface area contributed by atoms with Crippen LogP contribution in [0.2, 0.25) is 0 Å². The van der Waals surface area contributed by atoms with Gasteiger partial charge in [-0.05, 0) is 48.6 Å². The Morgan fingerprint density at radius 2 is 1.92 bits per heavy atom. The molecule has 1 N–H and O–H groups in total. The first kappa shape index (κ1) is 19.8. The van der Waals surface area contributed by atoms with Crippen LogP contribution >= 0.6 is 0 Å². The van der Waals surface area contributed by atoms with Crippen LogP contribution in [-0.4, -0.2) is 44.5 Å². The second kappa shape index (κ2) is 10.4. The molecular weight excluding hydrogens is 336 g/mol. The summed E-state index contributed by atoms with van der Waals surface area (Å²) in [5.74, 6) is 0.286. The molecular formula is C19H26N2O5. The van der Waals surface area contributed by atoms with Crippen molar-refractivity contribution in [3.05, 3.63) is 29.8 Å². The van der Waals surface area contributed by atoms with Crippen molar-refractivity contribution >= 4 is 18.1 Å². The quantitative estimate of drug-likeness (QED) is 0.436. The van der Waals surface area contributed by atoms with Crippen LogP contribution < -0.4 is 10.1 Å². The summed E-state index contributed by atoms with van der Waals surface area (Å²) in [7, 11) is 1.59. The maximum atomic E-state index is 11.9. The second-order valence-electron chi connectivity index (χ2n) is 6.38. The molecule has 1 saturated carbocycles. The second-order valence-corrected chi connectivity index (χ2v) is 6.38. The first-order chi connectivity index (χ1) is 12.6. The zero-order valence-electron chi connectivity index (χ0n) is 15.3. The molecule has 1 fully saturated rings. The number of benzene rings is 1. The molecule has 1 aliphatic rings. The number of ether oxygens (including phenoxy) is 2. The van der Waals surface area contributed by atoms with Crippen LogP contribution in [-0.2, 0) is 19.2 Å². The molecule has 0 spiro atoms. The molecule has 1 amide bonds. The van der Waals surface area contributed by atoms with Crippen LogP contribution in [0.5, 0.6) is 5.75 Å². The number of esters is 1. The van der Waals surface area contributed by atoms with Gasteiger partial charge in [0.05, 0.1) is 13.3 Å². The van der Waals surface area contributed by atoms with E-state index in [1.54, 1.807) is 31.4 Å². The summed E-state index contributed by atoms with van der Waals surface area (Å²) in [6.07, 6.45) is 5.89. The minimum atomic E-state index is -0.635. The molecule has 0 heterocycles. The highest BCUT2D eigenvalue weighted by Crippen LogP contribution is 2.23. The van der Waals surface area contributed by atoms with Crippen molar-refractivity contribution in [1.82, 2.24) is 5.32 Å². The standard InChI is InChI=1S/C19H26N2O5/c1-14-5-3-4-6-17(14)21-18(22)12-25-19(23)13-26-20-11-15-7-9-16(24-2)10-8-15/h7-11,14,17H,3-6,12-13H2,1-2H3,(H,21,22)/b20-11-/t14-,17-/m0/s1. The summed E-state index contributed by atoms with van der Waals surface area (Å²) in [6, 6.07) is 7.37. The highest BCUT2D eigenvalue weighted by Gasteiger charge is 2.23. The van der Waals surface area contributed by atoms with E-state index in [0.717, 1.165) is 30.6 Å². The van der Waals surface area contributed by atoms with E-state index >= 15 is 0 Å². The van der Waals surface area contributed by atoms with E-state index in [1.165, 1.54) is 12.6 Å². The Hall–Kier alpha value is -2.57. The Morgan fingerprint density at radius 3 is 2.62 bits per heavy atom. The van der Waals surface area contributed by atoms with E-state index in [-0.39, 0.29) is 25.2 Å². The molecule has 0 unspecified atom stereocenters. The monoisotopic (exact) mass is 362 g/mol. The van der Waals surface area contributed by atoms with E-state index < -0.39 is 5.97 Å². The highest BCUT2D eigenvalue weighted by molar-refractivity contribution is 5.81. The smallest absolute Gasteiger partial charge is 0.347 e. The number of carbonyl (C=O) groups is 2. The lowest BCUT2D eigenvalue weighted by molar-refractivity contribution is -0.153. The fourth-order valence-corrected chi connectivity index (χ4v) is 2.84. The molecule has 1 aromatic rings. The maximum Gasteiger partial charge on any atom is 0.347 e. The summed E-state index contributed by atoms with van der Waals surface area (Å²) in [5.41, 5.74) is 0.806. The molecule has 26 heavy (non-hydrogen) atoms. The number of rotatable bonds is 8. The Bertz CT molecular complexity index is 615. The van der Waals surface area contributed by atoms with E-state index in [9.17, 15) is 9.59 Å². The van der Waals surface area contributed by atoms with Crippen molar-refractivity contribution in [2.24, 2.45) is 11.1 Å². The number of amides is 1. The Kier molecular flexibility index (Phi) is 7.92. The molecule has 7 nitrogen and oxygen atoms in total. The SMILES string of the molecule is COc1ccc(/C=N\OCC(=O)OCC(=O)N[C@H]2CCCC[C@@H]2C)cc1. The van der Waals surface area contributed by atoms with Crippen LogP contribution in [0.15, 0.2) is 29.4 Å². The Balaban J connectivity index is 1.62. The van der Waals surface area contributed by atoms with Crippen LogP contribution in [0.3, 0.4) is 0 Å². The van der Waals surface area contributed by atoms with Gasteiger partial charge >= 0.3 is 5.97 Å². The number of nitrogens with one attached hydrogen (secondary N) is 1. The van der Waals surface area contributed by atoms with Crippen molar-refractivity contribution in [1.29, 1.82) is 0 Å². The molecule has 0 bridgehead atoms. The molecule has 0 aromatic heterocycles. The van der Waals surface area contributed by atoms with Gasteiger partial charge in [-0.2, -0.15) is 0 Å². The van der Waals surface area contributed by atoms with Gasteiger partial charge in [-0.15, -0.1) is 0 Å². The summed E-state index contributed by atoms with van der Waals surface area (Å²) in [4.78, 5) is 28.3. The van der Waals surface area contributed by atoms with Gasteiger partial charge in [0, 0.05) is 6.04 Å². The van der Waals surface area contributed by atoms with Crippen LogP contribution in [0.25, 0.3) is 0 Å². The predicted octanol–water partition coefficient (Wildman–Crippen LogP) is 2.28. The number of hydrogen-bond donors (Lipinski definition) is 1. The summed E-state index contributed by atoms with van der Waals surface area (Å²) >= 11 is 0. The Labute approximate surface area is 153 Å². The number of hydrogen-bond acceptors (Lipinski definition) is 6. The molecule has 0 radical (unpaired) electrons. The fraction of sp³-hybridized carbons (Fsp3) is 0.526. The van der Waals surface area contributed by atoms with Gasteiger partial charge in [-0.25, -0.2) is 4.79 Å². The number of oxime groups is 1. The van der Waals surface area contributed by atoms with Gasteiger partial charge in [0.15, 0.2) is 6.61 Å². The third-order valence-corrected chi connectivity index (χ3v) is 4.40. The zero-order valence-corrected chi connectivity index (χ0v) is 15.3. The van der Waals surface area contributed by atoms with Crippen LogP contribution in [0.1, 0.15) is 38.2 Å². The van der Waals surface area contributed by atoms with Crippen LogP contribution in [0.4, 0.5) is 0 Å². The topological polar surface area (TPSA) is 86.2 Å². The van der Waals surface area contributed by atoms with Crippen molar-refractivity contribution in [2.75, 3.05) is 20.3 Å². The number of nitrogens with zero attached hydrogens (tertiary/aromatic N) is 1. The lowest BCUT2D eigenvalue weighted by atomic mass is 9.86. The first-order valence-corrected chi connectivity index (χ1v) is 8.83. The van der Waals surface area contributed by atoms with Gasteiger partial charge in [0.2, 0.25) is 6.61 Å². The van der Waals surface area contributed by atoms with E-state index in [1.807, 2.05) is 0 Å². The third kappa shape index (κ3) is 6.74. The summed E-state index contributed by atoms with van der Waals surface area (Å²) < 4.78 is 9.95. The van der Waals surface area contributed by atoms with Crippen molar-refractivity contribution in [2.45, 2.75) is 38.6 Å². The van der Waals surface area contributed by atoms with Gasteiger partial charge in [-0.1, -0.05) is 24.9 Å². The van der Waals surface area contributed by atoms with Gasteiger partial charge in [0.1, 0.15) is 5.75 Å². The number of carbonyl (C=O) groups excluding carboxylic acids is 2.